The maximum Gasteiger partial charge on any atom is 0.303 e. The zero-order chi connectivity index (χ0) is 32.8. The van der Waals surface area contributed by atoms with E-state index in [0.717, 1.165) is 49.3 Å². The van der Waals surface area contributed by atoms with Gasteiger partial charge in [-0.05, 0) is 60.2 Å². The number of rotatable bonds is 25. The molecule has 3 rings (SSSR count). The lowest BCUT2D eigenvalue weighted by molar-refractivity contribution is -0.137. The minimum Gasteiger partial charge on any atom is -0.491 e. The van der Waals surface area contributed by atoms with Gasteiger partial charge in [0.2, 0.25) is 0 Å². The largest absolute Gasteiger partial charge is 0.491 e. The number of carbonyl (C=O) groups is 2. The number of thioether (sulfide) groups is 1. The standard InChI is InChI=1S/C33H43ClN2O8S2/c34-11-3-1-2-4-13-40-14-15-41-16-17-42-18-19-43-20-21-44-29-9-7-27(8-10-31(37)38)28(22-29)23-30-32(39)36(33(45)46-30)25-26-6-5-12-35-24-26/h5-7,9,12,22-24H,1-4,8,10-11,13-21,25H2,(H,37,38)/b30-23-. The molecule has 1 aromatic carbocycles. The van der Waals surface area contributed by atoms with Gasteiger partial charge in [-0.3, -0.25) is 19.5 Å². The van der Waals surface area contributed by atoms with Gasteiger partial charge in [-0.2, -0.15) is 0 Å². The third-order valence-corrected chi connectivity index (χ3v) is 8.38. The Hall–Kier alpha value is -2.58. The molecule has 0 atom stereocenters. The summed E-state index contributed by atoms with van der Waals surface area (Å²) >= 11 is 12.4. The fourth-order valence-electron chi connectivity index (χ4n) is 4.35. The fraction of sp³-hybridized carbons (Fsp3) is 0.515. The van der Waals surface area contributed by atoms with Crippen LogP contribution in [0.4, 0.5) is 0 Å². The predicted molar refractivity (Wildman–Crippen MR) is 183 cm³/mol. The van der Waals surface area contributed by atoms with Gasteiger partial charge in [0.1, 0.15) is 16.7 Å². The van der Waals surface area contributed by atoms with Gasteiger partial charge in [-0.25, -0.2) is 0 Å². The Morgan fingerprint density at radius 3 is 2.26 bits per heavy atom. The van der Waals surface area contributed by atoms with Crippen molar-refractivity contribution in [1.29, 1.82) is 0 Å². The van der Waals surface area contributed by atoms with Gasteiger partial charge in [0.05, 0.1) is 57.7 Å². The van der Waals surface area contributed by atoms with Crippen LogP contribution in [0.1, 0.15) is 48.8 Å². The molecule has 2 aromatic rings. The molecule has 0 radical (unpaired) electrons. The van der Waals surface area contributed by atoms with E-state index < -0.39 is 5.97 Å². The van der Waals surface area contributed by atoms with E-state index in [1.807, 2.05) is 24.3 Å². The number of carbonyl (C=O) groups excluding carboxylic acids is 1. The Balaban J connectivity index is 1.36. The van der Waals surface area contributed by atoms with Crippen molar-refractivity contribution in [2.45, 2.75) is 45.1 Å². The number of alkyl halides is 1. The highest BCUT2D eigenvalue weighted by atomic mass is 35.5. The first-order chi connectivity index (χ1) is 22.5. The van der Waals surface area contributed by atoms with Crippen LogP contribution < -0.4 is 4.74 Å². The lowest BCUT2D eigenvalue weighted by atomic mass is 10.0. The number of nitrogens with zero attached hydrogens (tertiary/aromatic N) is 2. The lowest BCUT2D eigenvalue weighted by Crippen LogP contribution is -2.27. The summed E-state index contributed by atoms with van der Waals surface area (Å²) < 4.78 is 28.5. The molecule has 1 aromatic heterocycles. The van der Waals surface area contributed by atoms with Gasteiger partial charge in [0.25, 0.3) is 5.91 Å². The number of halogens is 1. The molecule has 0 spiro atoms. The number of unbranched alkanes of at least 4 members (excludes halogenated alkanes) is 3. The molecule has 1 fully saturated rings. The number of aliphatic carboxylic acids is 1. The van der Waals surface area contributed by atoms with Crippen molar-refractivity contribution in [3.63, 3.8) is 0 Å². The molecule has 1 saturated heterocycles. The lowest BCUT2D eigenvalue weighted by Gasteiger charge is -2.14. The van der Waals surface area contributed by atoms with E-state index in [4.69, 9.17) is 47.5 Å². The number of aryl methyl sites for hydroxylation is 1. The van der Waals surface area contributed by atoms with E-state index in [0.29, 0.717) is 86.4 Å². The number of carboxylic acids is 1. The van der Waals surface area contributed by atoms with Gasteiger partial charge in [-0.1, -0.05) is 49.0 Å². The zero-order valence-corrected chi connectivity index (χ0v) is 28.4. The first kappa shape index (κ1) is 37.9. The second-order valence-corrected chi connectivity index (χ2v) is 12.3. The zero-order valence-electron chi connectivity index (χ0n) is 26.0. The van der Waals surface area contributed by atoms with Crippen molar-refractivity contribution >= 4 is 57.9 Å². The second-order valence-electron chi connectivity index (χ2n) is 10.3. The topological polar surface area (TPSA) is 117 Å². The molecule has 1 N–H and O–H groups in total. The Labute approximate surface area is 285 Å². The van der Waals surface area contributed by atoms with Gasteiger partial charge in [-0.15, -0.1) is 11.6 Å². The molecule has 2 heterocycles. The number of pyridine rings is 1. The molecule has 0 unspecified atom stereocenters. The van der Waals surface area contributed by atoms with Crippen LogP contribution in [0.2, 0.25) is 0 Å². The van der Waals surface area contributed by atoms with Crippen molar-refractivity contribution in [2.24, 2.45) is 0 Å². The van der Waals surface area contributed by atoms with Crippen LogP contribution in [0.3, 0.4) is 0 Å². The number of thiocarbonyl (C=S) groups is 1. The van der Waals surface area contributed by atoms with Gasteiger partial charge >= 0.3 is 5.97 Å². The van der Waals surface area contributed by atoms with Crippen molar-refractivity contribution in [2.75, 3.05) is 65.3 Å². The first-order valence-corrected chi connectivity index (χ1v) is 17.2. The van der Waals surface area contributed by atoms with Crippen LogP contribution >= 0.6 is 35.6 Å². The molecule has 0 bridgehead atoms. The molecule has 252 valence electrons. The van der Waals surface area contributed by atoms with Crippen molar-refractivity contribution in [3.8, 4) is 5.75 Å². The molecule has 0 aliphatic carbocycles. The summed E-state index contributed by atoms with van der Waals surface area (Å²) in [7, 11) is 0. The minimum absolute atomic E-state index is 0.0322. The number of amides is 1. The average molecular weight is 695 g/mol. The summed E-state index contributed by atoms with van der Waals surface area (Å²) in [6, 6.07) is 9.13. The van der Waals surface area contributed by atoms with Crippen molar-refractivity contribution < 1.29 is 38.4 Å². The summed E-state index contributed by atoms with van der Waals surface area (Å²) in [6.07, 6.45) is 9.81. The van der Waals surface area contributed by atoms with E-state index in [1.54, 1.807) is 24.5 Å². The van der Waals surface area contributed by atoms with Crippen LogP contribution in [0.5, 0.6) is 5.75 Å². The van der Waals surface area contributed by atoms with E-state index in [9.17, 15) is 14.7 Å². The molecule has 0 saturated carbocycles. The molecular formula is C33H43ClN2O8S2. The average Bonchev–Trinajstić information content (AvgIpc) is 3.31. The van der Waals surface area contributed by atoms with E-state index in [-0.39, 0.29) is 12.3 Å². The maximum atomic E-state index is 13.2. The van der Waals surface area contributed by atoms with E-state index in [2.05, 4.69) is 4.98 Å². The normalized spacial score (nSPS) is 14.0. The van der Waals surface area contributed by atoms with Crippen LogP contribution in [0.15, 0.2) is 47.6 Å². The number of benzene rings is 1. The summed E-state index contributed by atoms with van der Waals surface area (Å²) in [5.41, 5.74) is 2.38. The Kier molecular flexibility index (Phi) is 18.8. The van der Waals surface area contributed by atoms with Gasteiger partial charge in [0.15, 0.2) is 0 Å². The van der Waals surface area contributed by atoms with Crippen LogP contribution in [-0.4, -0.2) is 96.5 Å². The number of carboxylic acid groups (broad SMARTS) is 1. The number of aromatic nitrogens is 1. The van der Waals surface area contributed by atoms with Crippen molar-refractivity contribution in [3.05, 3.63) is 64.3 Å². The maximum absolute atomic E-state index is 13.2. The Morgan fingerprint density at radius 1 is 0.935 bits per heavy atom. The third-order valence-electron chi connectivity index (χ3n) is 6.73. The molecule has 10 nitrogen and oxygen atoms in total. The SMILES string of the molecule is O=C(O)CCc1ccc(OCCOCCOCCOCCOCCCCCCCl)cc1/C=C1\SC(=S)N(Cc2cccnc2)C1=O. The highest BCUT2D eigenvalue weighted by molar-refractivity contribution is 8.26. The molecule has 1 amide bonds. The summed E-state index contributed by atoms with van der Waals surface area (Å²) in [6.45, 7) is 4.76. The quantitative estimate of drug-likeness (QED) is 0.0593. The molecular weight excluding hydrogens is 652 g/mol. The predicted octanol–water partition coefficient (Wildman–Crippen LogP) is 5.74. The first-order valence-electron chi connectivity index (χ1n) is 15.5. The number of ether oxygens (including phenoxy) is 5. The molecule has 1 aliphatic rings. The van der Waals surface area contributed by atoms with Crippen molar-refractivity contribution in [1.82, 2.24) is 9.88 Å². The van der Waals surface area contributed by atoms with Crippen LogP contribution in [0.25, 0.3) is 6.08 Å². The smallest absolute Gasteiger partial charge is 0.303 e. The van der Waals surface area contributed by atoms with Crippen LogP contribution in [0, 0.1) is 0 Å². The van der Waals surface area contributed by atoms with Crippen LogP contribution in [-0.2, 0) is 41.5 Å². The summed E-state index contributed by atoms with van der Waals surface area (Å²) in [4.78, 5) is 30.5. The summed E-state index contributed by atoms with van der Waals surface area (Å²) in [5.74, 6) is 0.213. The number of hydrogen-bond donors (Lipinski definition) is 1. The molecule has 13 heteroatoms. The molecule has 1 aliphatic heterocycles. The minimum atomic E-state index is -0.895. The van der Waals surface area contributed by atoms with Gasteiger partial charge in [0, 0.05) is 31.3 Å². The van der Waals surface area contributed by atoms with E-state index in [1.165, 1.54) is 16.7 Å². The Bertz CT molecular complexity index is 1250. The van der Waals surface area contributed by atoms with E-state index >= 15 is 0 Å². The summed E-state index contributed by atoms with van der Waals surface area (Å²) in [5, 5.41) is 9.21. The number of hydrogen-bond acceptors (Lipinski definition) is 10. The highest BCUT2D eigenvalue weighted by Gasteiger charge is 2.32. The third kappa shape index (κ3) is 14.9. The molecule has 46 heavy (non-hydrogen) atoms. The monoisotopic (exact) mass is 694 g/mol. The fourth-order valence-corrected chi connectivity index (χ4v) is 5.79. The highest BCUT2D eigenvalue weighted by Crippen LogP contribution is 2.35. The second kappa shape index (κ2) is 22.9. The van der Waals surface area contributed by atoms with Gasteiger partial charge < -0.3 is 28.8 Å². The Morgan fingerprint density at radius 2 is 1.61 bits per heavy atom.